The van der Waals surface area contributed by atoms with Crippen LogP contribution in [0, 0.1) is 0 Å². The minimum atomic E-state index is -0.793. The number of carbonyl (C=O) groups is 2. The molecule has 1 N–H and O–H groups in total. The Morgan fingerprint density at radius 2 is 0.672 bits per heavy atom. The zero-order valence-electron chi connectivity index (χ0n) is 41.0. The van der Waals surface area contributed by atoms with Crippen molar-refractivity contribution in [1.29, 1.82) is 0 Å². The fourth-order valence-corrected chi connectivity index (χ4v) is 6.58. The average molecular weight is 883 g/mol. The van der Waals surface area contributed by atoms with Gasteiger partial charge in [0, 0.05) is 12.8 Å². The molecule has 0 aromatic heterocycles. The molecule has 0 bridgehead atoms. The van der Waals surface area contributed by atoms with Crippen molar-refractivity contribution in [2.45, 2.75) is 213 Å². The third-order valence-corrected chi connectivity index (χ3v) is 10.4. The lowest BCUT2D eigenvalue weighted by atomic mass is 10.1. The maximum absolute atomic E-state index is 12.3. The number of carbonyl (C=O) groups excluding carboxylic acids is 2. The molecule has 5 heteroatoms. The van der Waals surface area contributed by atoms with Crippen molar-refractivity contribution in [2.75, 3.05) is 13.2 Å². The number of rotatable bonds is 45. The molecule has 0 aliphatic rings. The van der Waals surface area contributed by atoms with E-state index in [1.54, 1.807) is 0 Å². The number of allylic oxidation sites excluding steroid dienone is 22. The summed E-state index contributed by atoms with van der Waals surface area (Å²) in [5, 5.41) is 9.61. The van der Waals surface area contributed by atoms with Crippen molar-refractivity contribution < 1.29 is 24.2 Å². The third kappa shape index (κ3) is 50.7. The Bertz CT molecular complexity index is 1370. The number of ether oxygens (including phenoxy) is 2. The summed E-state index contributed by atoms with van der Waals surface area (Å²) in [6.45, 7) is 3.96. The van der Waals surface area contributed by atoms with Crippen LogP contribution in [-0.2, 0) is 19.1 Å². The van der Waals surface area contributed by atoms with Gasteiger partial charge in [0.2, 0.25) is 0 Å². The summed E-state index contributed by atoms with van der Waals surface area (Å²) in [6.07, 6.45) is 79.7. The van der Waals surface area contributed by atoms with Crippen LogP contribution >= 0.6 is 0 Å². The van der Waals surface area contributed by atoms with Crippen LogP contribution in [0.5, 0.6) is 0 Å². The van der Waals surface area contributed by atoms with Gasteiger partial charge in [-0.1, -0.05) is 212 Å². The molecule has 0 fully saturated rings. The second-order valence-electron chi connectivity index (χ2n) is 16.5. The molecule has 5 nitrogen and oxygen atoms in total. The monoisotopic (exact) mass is 883 g/mol. The van der Waals surface area contributed by atoms with Gasteiger partial charge < -0.3 is 14.6 Å². The Hall–Kier alpha value is -3.96. The molecule has 0 radical (unpaired) electrons. The summed E-state index contributed by atoms with van der Waals surface area (Å²) >= 11 is 0. The van der Waals surface area contributed by atoms with Crippen molar-refractivity contribution in [3.63, 3.8) is 0 Å². The van der Waals surface area contributed by atoms with Gasteiger partial charge in [0.05, 0.1) is 6.61 Å². The minimum Gasteiger partial charge on any atom is -0.462 e. The highest BCUT2D eigenvalue weighted by molar-refractivity contribution is 5.70. The highest BCUT2D eigenvalue weighted by atomic mass is 16.6. The SMILES string of the molecule is CC/C=C\C/C=C\C/C=C\C/C=C\C/C=C\C/C=C\C/C=C\C/C=C\C/C=C\CCCCCCCCCC(=O)OC(CO)COC(=O)CCCCCCC/C=C\C/C=C\CCCCC. The molecule has 0 aliphatic carbocycles. The Labute approximate surface area is 394 Å². The molecular formula is C59H94O5. The quantitative estimate of drug-likeness (QED) is 0.0375. The van der Waals surface area contributed by atoms with Gasteiger partial charge in [-0.2, -0.15) is 0 Å². The van der Waals surface area contributed by atoms with Gasteiger partial charge in [0.1, 0.15) is 6.61 Å². The van der Waals surface area contributed by atoms with E-state index in [0.717, 1.165) is 116 Å². The second kappa shape index (κ2) is 53.4. The van der Waals surface area contributed by atoms with Crippen molar-refractivity contribution >= 4 is 11.9 Å². The van der Waals surface area contributed by atoms with Crippen LogP contribution in [-0.4, -0.2) is 36.4 Å². The van der Waals surface area contributed by atoms with E-state index in [0.29, 0.717) is 12.8 Å². The van der Waals surface area contributed by atoms with Crippen molar-refractivity contribution in [3.8, 4) is 0 Å². The molecule has 0 saturated carbocycles. The number of aliphatic hydroxyl groups is 1. The molecule has 1 unspecified atom stereocenters. The number of aliphatic hydroxyl groups excluding tert-OH is 1. The topological polar surface area (TPSA) is 72.8 Å². The van der Waals surface area contributed by atoms with Gasteiger partial charge in [-0.25, -0.2) is 0 Å². The molecular weight excluding hydrogens is 789 g/mol. The second-order valence-corrected chi connectivity index (χ2v) is 16.5. The molecule has 0 spiro atoms. The minimum absolute atomic E-state index is 0.0857. The molecule has 1 atom stereocenters. The van der Waals surface area contributed by atoms with Crippen LogP contribution < -0.4 is 0 Å². The first-order valence-electron chi connectivity index (χ1n) is 25.7. The zero-order valence-corrected chi connectivity index (χ0v) is 41.0. The van der Waals surface area contributed by atoms with Crippen molar-refractivity contribution in [3.05, 3.63) is 134 Å². The lowest BCUT2D eigenvalue weighted by molar-refractivity contribution is -0.161. The molecule has 0 aromatic rings. The van der Waals surface area contributed by atoms with Crippen LogP contribution in [0.25, 0.3) is 0 Å². The van der Waals surface area contributed by atoms with E-state index in [2.05, 4.69) is 148 Å². The maximum atomic E-state index is 12.3. The highest BCUT2D eigenvalue weighted by Gasteiger charge is 2.16. The molecule has 0 aromatic carbocycles. The van der Waals surface area contributed by atoms with Gasteiger partial charge in [0.25, 0.3) is 0 Å². The number of esters is 2. The van der Waals surface area contributed by atoms with Crippen molar-refractivity contribution in [2.24, 2.45) is 0 Å². The first-order valence-corrected chi connectivity index (χ1v) is 25.7. The molecule has 0 rings (SSSR count). The summed E-state index contributed by atoms with van der Waals surface area (Å²) < 4.78 is 10.6. The standard InChI is InChI=1S/C59H94O5/c1-3-5-7-9-11-13-15-17-19-20-21-22-23-24-25-26-27-28-29-30-31-32-33-34-35-36-37-38-40-42-44-46-48-50-52-54-59(62)64-57(55-60)56-63-58(61)53-51-49-47-45-43-41-39-18-16-14-12-10-8-6-4-2/h5,7,11-14,17-19,21-22,24-25,27-28,30-31,33-34,36-37,39,57,60H,3-4,6,8-10,15-16,20,23,26,29,32,35,38,40-56H2,1-2H3/b7-5-,13-11-,14-12-,19-17-,22-21-,25-24-,28-27-,31-30-,34-33-,37-36-,39-18-. The molecule has 0 heterocycles. The summed E-state index contributed by atoms with van der Waals surface area (Å²) in [6, 6.07) is 0. The van der Waals surface area contributed by atoms with E-state index in [9.17, 15) is 14.7 Å². The van der Waals surface area contributed by atoms with Gasteiger partial charge >= 0.3 is 11.9 Å². The first-order chi connectivity index (χ1) is 31.6. The fourth-order valence-electron chi connectivity index (χ4n) is 6.58. The normalized spacial score (nSPS) is 13.4. The number of unbranched alkanes of at least 4 members (excludes halogenated alkanes) is 15. The van der Waals surface area contributed by atoms with Gasteiger partial charge in [-0.3, -0.25) is 9.59 Å². The summed E-state index contributed by atoms with van der Waals surface area (Å²) in [5.74, 6) is -0.629. The Kier molecular flexibility index (Phi) is 50.1. The average Bonchev–Trinajstić information content (AvgIpc) is 3.30. The van der Waals surface area contributed by atoms with Crippen LogP contribution in [0.2, 0.25) is 0 Å². The van der Waals surface area contributed by atoms with Crippen LogP contribution in [0.4, 0.5) is 0 Å². The summed E-state index contributed by atoms with van der Waals surface area (Å²) in [4.78, 5) is 24.4. The Morgan fingerprint density at radius 3 is 1.02 bits per heavy atom. The van der Waals surface area contributed by atoms with E-state index in [-0.39, 0.29) is 25.2 Å². The Balaban J connectivity index is 3.64. The van der Waals surface area contributed by atoms with Gasteiger partial charge in [0.15, 0.2) is 6.10 Å². The van der Waals surface area contributed by atoms with Gasteiger partial charge in [-0.05, 0) is 116 Å². The highest BCUT2D eigenvalue weighted by Crippen LogP contribution is 2.12. The number of hydrogen-bond donors (Lipinski definition) is 1. The predicted octanol–water partition coefficient (Wildman–Crippen LogP) is 17.3. The third-order valence-electron chi connectivity index (χ3n) is 10.4. The van der Waals surface area contributed by atoms with Crippen LogP contribution in [0.3, 0.4) is 0 Å². The zero-order chi connectivity index (χ0) is 46.3. The van der Waals surface area contributed by atoms with Crippen LogP contribution in [0.15, 0.2) is 134 Å². The lowest BCUT2D eigenvalue weighted by Crippen LogP contribution is -2.28. The van der Waals surface area contributed by atoms with Gasteiger partial charge in [-0.15, -0.1) is 0 Å². The molecule has 0 aliphatic heterocycles. The van der Waals surface area contributed by atoms with E-state index in [1.807, 2.05) is 0 Å². The maximum Gasteiger partial charge on any atom is 0.306 e. The molecule has 0 saturated heterocycles. The van der Waals surface area contributed by atoms with E-state index >= 15 is 0 Å². The Morgan fingerprint density at radius 1 is 0.375 bits per heavy atom. The van der Waals surface area contributed by atoms with E-state index < -0.39 is 6.10 Å². The molecule has 0 amide bonds. The fraction of sp³-hybridized carbons (Fsp3) is 0.593. The first kappa shape index (κ1) is 60.0. The number of hydrogen-bond acceptors (Lipinski definition) is 5. The lowest BCUT2D eigenvalue weighted by Gasteiger charge is -2.15. The predicted molar refractivity (Wildman–Crippen MR) is 278 cm³/mol. The van der Waals surface area contributed by atoms with E-state index in [1.165, 1.54) is 64.2 Å². The summed E-state index contributed by atoms with van der Waals surface area (Å²) in [7, 11) is 0. The summed E-state index contributed by atoms with van der Waals surface area (Å²) in [5.41, 5.74) is 0. The molecule has 360 valence electrons. The molecule has 64 heavy (non-hydrogen) atoms. The largest absolute Gasteiger partial charge is 0.462 e. The van der Waals surface area contributed by atoms with Crippen molar-refractivity contribution in [1.82, 2.24) is 0 Å². The van der Waals surface area contributed by atoms with E-state index in [4.69, 9.17) is 9.47 Å². The smallest absolute Gasteiger partial charge is 0.306 e. The van der Waals surface area contributed by atoms with Crippen LogP contribution in [0.1, 0.15) is 206 Å².